The molecule has 0 unspecified atom stereocenters. The number of benzene rings is 1. The molecule has 6 heteroatoms. The third kappa shape index (κ3) is 1.93. The van der Waals surface area contributed by atoms with Crippen LogP contribution in [0.5, 0.6) is 17.2 Å². The molecule has 0 aliphatic carbocycles. The molecule has 0 radical (unpaired) electrons. The maximum atomic E-state index is 11.8. The molecule has 0 amide bonds. The Labute approximate surface area is 116 Å². The van der Waals surface area contributed by atoms with Crippen molar-refractivity contribution in [2.75, 3.05) is 28.4 Å². The number of carbonyl (C=O) groups excluding carboxylic acids is 1. The van der Waals surface area contributed by atoms with Crippen LogP contribution in [-0.2, 0) is 11.8 Å². The number of hydrogen-bond acceptors (Lipinski definition) is 5. The molecule has 0 aliphatic heterocycles. The first-order valence-corrected chi connectivity index (χ1v) is 5.95. The van der Waals surface area contributed by atoms with E-state index in [9.17, 15) is 4.79 Å². The van der Waals surface area contributed by atoms with Crippen molar-refractivity contribution >= 4 is 16.9 Å². The molecular formula is C14H17NO5. The summed E-state index contributed by atoms with van der Waals surface area (Å²) in [6.07, 6.45) is 0. The van der Waals surface area contributed by atoms with E-state index < -0.39 is 5.97 Å². The van der Waals surface area contributed by atoms with Gasteiger partial charge in [0, 0.05) is 18.5 Å². The van der Waals surface area contributed by atoms with Gasteiger partial charge < -0.3 is 23.5 Å². The molecule has 0 N–H and O–H groups in total. The molecule has 1 aromatic heterocycles. The maximum absolute atomic E-state index is 11.8. The van der Waals surface area contributed by atoms with Crippen molar-refractivity contribution in [3.05, 3.63) is 17.8 Å². The second-order valence-corrected chi connectivity index (χ2v) is 4.16. The van der Waals surface area contributed by atoms with Crippen LogP contribution >= 0.6 is 0 Å². The standard InChI is InChI=1S/C14H17NO5/c1-15-9(14(16)20-5)6-8-10(17-2)7-11(18-3)13(19-4)12(8)15/h6-7H,1-5H3. The van der Waals surface area contributed by atoms with Crippen LogP contribution in [0.15, 0.2) is 12.1 Å². The number of rotatable bonds is 4. The minimum absolute atomic E-state index is 0.410. The average molecular weight is 279 g/mol. The Morgan fingerprint density at radius 1 is 1.00 bits per heavy atom. The van der Waals surface area contributed by atoms with Gasteiger partial charge in [-0.05, 0) is 6.07 Å². The minimum Gasteiger partial charge on any atom is -0.496 e. The molecular weight excluding hydrogens is 262 g/mol. The number of fused-ring (bicyclic) bond motifs is 1. The summed E-state index contributed by atoms with van der Waals surface area (Å²) in [5.41, 5.74) is 1.12. The van der Waals surface area contributed by atoms with Gasteiger partial charge in [-0.2, -0.15) is 0 Å². The molecule has 0 saturated carbocycles. The number of aryl methyl sites for hydroxylation is 1. The first-order chi connectivity index (χ1) is 9.58. The summed E-state index contributed by atoms with van der Waals surface area (Å²) in [7, 11) is 7.76. The third-order valence-corrected chi connectivity index (χ3v) is 3.24. The van der Waals surface area contributed by atoms with Gasteiger partial charge >= 0.3 is 5.97 Å². The van der Waals surface area contributed by atoms with E-state index in [0.717, 1.165) is 5.39 Å². The first-order valence-electron chi connectivity index (χ1n) is 5.95. The molecule has 20 heavy (non-hydrogen) atoms. The Bertz CT molecular complexity index is 659. The Kier molecular flexibility index (Phi) is 3.74. The zero-order chi connectivity index (χ0) is 14.9. The summed E-state index contributed by atoms with van der Waals surface area (Å²) < 4.78 is 22.5. The SMILES string of the molecule is COC(=O)c1cc2c(OC)cc(OC)c(OC)c2n1C. The predicted octanol–water partition coefficient (Wildman–Crippen LogP) is 1.99. The van der Waals surface area contributed by atoms with Gasteiger partial charge in [-0.15, -0.1) is 0 Å². The topological polar surface area (TPSA) is 58.9 Å². The van der Waals surface area contributed by atoms with Gasteiger partial charge in [-0.3, -0.25) is 0 Å². The lowest BCUT2D eigenvalue weighted by Gasteiger charge is -2.13. The van der Waals surface area contributed by atoms with E-state index in [1.165, 1.54) is 7.11 Å². The fraction of sp³-hybridized carbons (Fsp3) is 0.357. The summed E-state index contributed by atoms with van der Waals surface area (Å²) >= 11 is 0. The van der Waals surface area contributed by atoms with Crippen molar-refractivity contribution in [3.8, 4) is 17.2 Å². The van der Waals surface area contributed by atoms with Gasteiger partial charge in [0.25, 0.3) is 0 Å². The lowest BCUT2D eigenvalue weighted by atomic mass is 10.2. The quantitative estimate of drug-likeness (QED) is 0.801. The average Bonchev–Trinajstić information content (AvgIpc) is 2.82. The molecule has 2 rings (SSSR count). The Morgan fingerprint density at radius 2 is 1.65 bits per heavy atom. The second-order valence-electron chi connectivity index (χ2n) is 4.16. The van der Waals surface area contributed by atoms with Crippen LogP contribution in [0.4, 0.5) is 0 Å². The molecule has 1 heterocycles. The van der Waals surface area contributed by atoms with Crippen LogP contribution < -0.4 is 14.2 Å². The third-order valence-electron chi connectivity index (χ3n) is 3.24. The molecule has 0 aliphatic rings. The fourth-order valence-corrected chi connectivity index (χ4v) is 2.26. The smallest absolute Gasteiger partial charge is 0.354 e. The highest BCUT2D eigenvalue weighted by Crippen LogP contribution is 2.42. The van der Waals surface area contributed by atoms with Crippen molar-refractivity contribution in [1.29, 1.82) is 0 Å². The largest absolute Gasteiger partial charge is 0.496 e. The zero-order valence-corrected chi connectivity index (χ0v) is 12.1. The molecule has 0 fully saturated rings. The monoisotopic (exact) mass is 279 g/mol. The van der Waals surface area contributed by atoms with Gasteiger partial charge in [0.05, 0.1) is 34.0 Å². The summed E-state index contributed by atoms with van der Waals surface area (Å²) in [5, 5.41) is 0.757. The van der Waals surface area contributed by atoms with E-state index in [-0.39, 0.29) is 0 Å². The van der Waals surface area contributed by atoms with E-state index in [4.69, 9.17) is 18.9 Å². The molecule has 2 aromatic rings. The normalized spacial score (nSPS) is 10.4. The van der Waals surface area contributed by atoms with Crippen LogP contribution in [0.1, 0.15) is 10.5 Å². The minimum atomic E-state index is -0.424. The summed E-state index contributed by atoms with van der Waals surface area (Å²) in [6.45, 7) is 0. The van der Waals surface area contributed by atoms with Crippen molar-refractivity contribution in [2.24, 2.45) is 7.05 Å². The molecule has 6 nitrogen and oxygen atoms in total. The number of hydrogen-bond donors (Lipinski definition) is 0. The van der Waals surface area contributed by atoms with E-state index in [0.29, 0.717) is 28.5 Å². The van der Waals surface area contributed by atoms with Gasteiger partial charge in [-0.25, -0.2) is 4.79 Å². The van der Waals surface area contributed by atoms with Crippen LogP contribution in [0.2, 0.25) is 0 Å². The Hall–Kier alpha value is -2.37. The lowest BCUT2D eigenvalue weighted by Crippen LogP contribution is -2.07. The summed E-state index contributed by atoms with van der Waals surface area (Å²) in [4.78, 5) is 11.8. The first kappa shape index (κ1) is 14.0. The highest BCUT2D eigenvalue weighted by atomic mass is 16.5. The Balaban J connectivity index is 2.88. The van der Waals surface area contributed by atoms with Crippen molar-refractivity contribution in [3.63, 3.8) is 0 Å². The lowest BCUT2D eigenvalue weighted by molar-refractivity contribution is 0.0590. The van der Waals surface area contributed by atoms with Crippen LogP contribution in [-0.4, -0.2) is 39.0 Å². The van der Waals surface area contributed by atoms with E-state index in [2.05, 4.69) is 0 Å². The van der Waals surface area contributed by atoms with Gasteiger partial charge in [-0.1, -0.05) is 0 Å². The van der Waals surface area contributed by atoms with Gasteiger partial charge in [0.2, 0.25) is 0 Å². The summed E-state index contributed by atoms with van der Waals surface area (Å²) in [5.74, 6) is 1.26. The number of aromatic nitrogens is 1. The summed E-state index contributed by atoms with van der Waals surface area (Å²) in [6, 6.07) is 3.43. The molecule has 0 spiro atoms. The van der Waals surface area contributed by atoms with E-state index in [1.54, 1.807) is 45.1 Å². The molecule has 0 bridgehead atoms. The van der Waals surface area contributed by atoms with Crippen LogP contribution in [0.3, 0.4) is 0 Å². The fourth-order valence-electron chi connectivity index (χ4n) is 2.26. The molecule has 108 valence electrons. The number of esters is 1. The van der Waals surface area contributed by atoms with Crippen LogP contribution in [0.25, 0.3) is 10.9 Å². The number of ether oxygens (including phenoxy) is 4. The van der Waals surface area contributed by atoms with Gasteiger partial charge in [0.1, 0.15) is 11.4 Å². The molecule has 0 atom stereocenters. The van der Waals surface area contributed by atoms with E-state index >= 15 is 0 Å². The van der Waals surface area contributed by atoms with Crippen molar-refractivity contribution < 1.29 is 23.7 Å². The van der Waals surface area contributed by atoms with Crippen molar-refractivity contribution in [2.45, 2.75) is 0 Å². The highest BCUT2D eigenvalue weighted by molar-refractivity contribution is 6.01. The zero-order valence-electron chi connectivity index (χ0n) is 12.1. The van der Waals surface area contributed by atoms with E-state index in [1.807, 2.05) is 0 Å². The number of methoxy groups -OCH3 is 4. The Morgan fingerprint density at radius 3 is 2.15 bits per heavy atom. The highest BCUT2D eigenvalue weighted by Gasteiger charge is 2.22. The van der Waals surface area contributed by atoms with Crippen molar-refractivity contribution in [1.82, 2.24) is 4.57 Å². The molecule has 0 saturated heterocycles. The predicted molar refractivity (Wildman–Crippen MR) is 73.9 cm³/mol. The number of nitrogens with zero attached hydrogens (tertiary/aromatic N) is 1. The second kappa shape index (κ2) is 5.32. The van der Waals surface area contributed by atoms with Crippen LogP contribution in [0, 0.1) is 0 Å². The van der Waals surface area contributed by atoms with Gasteiger partial charge in [0.15, 0.2) is 11.5 Å². The molecule has 1 aromatic carbocycles. The maximum Gasteiger partial charge on any atom is 0.354 e. The number of carbonyl (C=O) groups is 1.